The summed E-state index contributed by atoms with van der Waals surface area (Å²) in [5.74, 6) is -0.0784. The number of carbonyl (C=O) groups excluding carboxylic acids is 2. The molecule has 1 aromatic carbocycles. The van der Waals surface area contributed by atoms with Gasteiger partial charge in [0.2, 0.25) is 5.91 Å². The molecule has 0 unspecified atom stereocenters. The summed E-state index contributed by atoms with van der Waals surface area (Å²) < 4.78 is 0. The Labute approximate surface area is 164 Å². The van der Waals surface area contributed by atoms with Crippen LogP contribution in [0.1, 0.15) is 24.2 Å². The molecule has 1 saturated heterocycles. The summed E-state index contributed by atoms with van der Waals surface area (Å²) in [5, 5.41) is 3.50. The zero-order valence-corrected chi connectivity index (χ0v) is 16.2. The van der Waals surface area contributed by atoms with Crippen LogP contribution in [-0.4, -0.2) is 47.9 Å². The largest absolute Gasteiger partial charge is 0.365 e. The van der Waals surface area contributed by atoms with E-state index in [4.69, 9.17) is 11.6 Å². The first kappa shape index (κ1) is 19.2. The van der Waals surface area contributed by atoms with Crippen LogP contribution in [0, 0.1) is 5.92 Å². The van der Waals surface area contributed by atoms with Crippen LogP contribution in [0.4, 0.5) is 11.4 Å². The summed E-state index contributed by atoms with van der Waals surface area (Å²) in [7, 11) is 0. The second kappa shape index (κ2) is 8.39. The number of halogens is 1. The van der Waals surface area contributed by atoms with E-state index in [1.807, 2.05) is 36.9 Å². The van der Waals surface area contributed by atoms with Crippen LogP contribution in [0.3, 0.4) is 0 Å². The van der Waals surface area contributed by atoms with Gasteiger partial charge in [0.1, 0.15) is 0 Å². The highest BCUT2D eigenvalue weighted by Crippen LogP contribution is 2.35. The van der Waals surface area contributed by atoms with Crippen LogP contribution in [0.2, 0.25) is 5.02 Å². The molecule has 2 aromatic rings. The number of para-hydroxylation sites is 1. The normalized spacial score (nSPS) is 14.4. The number of amides is 2. The summed E-state index contributed by atoms with van der Waals surface area (Å²) in [5.41, 5.74) is 1.92. The third-order valence-electron chi connectivity index (χ3n) is 4.56. The summed E-state index contributed by atoms with van der Waals surface area (Å²) in [6.07, 6.45) is 3.15. The lowest BCUT2D eigenvalue weighted by atomic mass is 10.1. The van der Waals surface area contributed by atoms with E-state index in [1.165, 1.54) is 6.20 Å². The second-order valence-electron chi connectivity index (χ2n) is 6.80. The molecule has 142 valence electrons. The fraction of sp³-hybridized carbons (Fsp3) is 0.350. The fourth-order valence-corrected chi connectivity index (χ4v) is 3.44. The van der Waals surface area contributed by atoms with Gasteiger partial charge in [-0.1, -0.05) is 31.5 Å². The Bertz CT molecular complexity index is 818. The molecule has 0 atom stereocenters. The number of hydrogen-bond acceptors (Lipinski definition) is 4. The van der Waals surface area contributed by atoms with Crippen LogP contribution in [0.5, 0.6) is 0 Å². The van der Waals surface area contributed by atoms with E-state index in [1.54, 1.807) is 18.3 Å². The summed E-state index contributed by atoms with van der Waals surface area (Å²) in [6.45, 7) is 6.43. The van der Waals surface area contributed by atoms with E-state index < -0.39 is 0 Å². The van der Waals surface area contributed by atoms with Crippen LogP contribution < -0.4 is 10.2 Å². The SMILES string of the molecule is CC(C)C(=O)N1CCN(c2c(Cl)cccc2NC(=O)c2cccnc2)CC1. The Balaban J connectivity index is 1.77. The van der Waals surface area contributed by atoms with Gasteiger partial charge in [0.25, 0.3) is 5.91 Å². The van der Waals surface area contributed by atoms with Crippen molar-refractivity contribution in [2.75, 3.05) is 36.4 Å². The average Bonchev–Trinajstić information content (AvgIpc) is 2.68. The van der Waals surface area contributed by atoms with Crippen molar-refractivity contribution < 1.29 is 9.59 Å². The first-order valence-corrected chi connectivity index (χ1v) is 9.39. The highest BCUT2D eigenvalue weighted by atomic mass is 35.5. The number of pyridine rings is 1. The number of benzene rings is 1. The van der Waals surface area contributed by atoms with Crippen LogP contribution in [-0.2, 0) is 4.79 Å². The lowest BCUT2D eigenvalue weighted by Crippen LogP contribution is -2.50. The number of nitrogens with zero attached hydrogens (tertiary/aromatic N) is 3. The molecule has 7 heteroatoms. The smallest absolute Gasteiger partial charge is 0.257 e. The van der Waals surface area contributed by atoms with Crippen molar-refractivity contribution in [2.45, 2.75) is 13.8 Å². The maximum atomic E-state index is 12.5. The van der Waals surface area contributed by atoms with Crippen LogP contribution >= 0.6 is 11.6 Å². The third-order valence-corrected chi connectivity index (χ3v) is 4.87. The van der Waals surface area contributed by atoms with Gasteiger partial charge in [0, 0.05) is 44.5 Å². The van der Waals surface area contributed by atoms with Gasteiger partial charge < -0.3 is 15.1 Å². The molecule has 0 radical (unpaired) electrons. The predicted octanol–water partition coefficient (Wildman–Crippen LogP) is 3.29. The minimum Gasteiger partial charge on any atom is -0.365 e. The molecule has 1 aliphatic rings. The molecule has 0 spiro atoms. The number of aromatic nitrogens is 1. The summed E-state index contributed by atoms with van der Waals surface area (Å²) >= 11 is 6.46. The molecule has 3 rings (SSSR count). The number of nitrogens with one attached hydrogen (secondary N) is 1. The van der Waals surface area contributed by atoms with Gasteiger partial charge in [-0.15, -0.1) is 0 Å². The predicted molar refractivity (Wildman–Crippen MR) is 107 cm³/mol. The lowest BCUT2D eigenvalue weighted by molar-refractivity contribution is -0.134. The Morgan fingerprint density at radius 3 is 2.48 bits per heavy atom. The van der Waals surface area contributed by atoms with Gasteiger partial charge in [-0.3, -0.25) is 14.6 Å². The van der Waals surface area contributed by atoms with Crippen molar-refractivity contribution in [3.8, 4) is 0 Å². The van der Waals surface area contributed by atoms with Crippen molar-refractivity contribution in [3.05, 3.63) is 53.3 Å². The zero-order chi connectivity index (χ0) is 19.4. The first-order valence-electron chi connectivity index (χ1n) is 9.01. The minimum atomic E-state index is -0.236. The molecule has 1 aliphatic heterocycles. The molecule has 1 fully saturated rings. The van der Waals surface area contributed by atoms with Gasteiger partial charge in [-0.25, -0.2) is 0 Å². The lowest BCUT2D eigenvalue weighted by Gasteiger charge is -2.38. The highest BCUT2D eigenvalue weighted by Gasteiger charge is 2.25. The molecule has 2 amide bonds. The summed E-state index contributed by atoms with van der Waals surface area (Å²) in [4.78, 5) is 32.7. The maximum absolute atomic E-state index is 12.5. The maximum Gasteiger partial charge on any atom is 0.257 e. The minimum absolute atomic E-state index is 0.00815. The number of carbonyl (C=O) groups is 2. The van der Waals surface area contributed by atoms with Crippen molar-refractivity contribution in [1.82, 2.24) is 9.88 Å². The second-order valence-corrected chi connectivity index (χ2v) is 7.21. The molecule has 1 N–H and O–H groups in total. The first-order chi connectivity index (χ1) is 13.0. The van der Waals surface area contributed by atoms with Crippen molar-refractivity contribution in [2.24, 2.45) is 5.92 Å². The Morgan fingerprint density at radius 2 is 1.85 bits per heavy atom. The highest BCUT2D eigenvalue weighted by molar-refractivity contribution is 6.34. The van der Waals surface area contributed by atoms with Gasteiger partial charge in [0.15, 0.2) is 0 Å². The van der Waals surface area contributed by atoms with Crippen molar-refractivity contribution >= 4 is 34.8 Å². The van der Waals surface area contributed by atoms with E-state index in [-0.39, 0.29) is 17.7 Å². The number of hydrogen-bond donors (Lipinski definition) is 1. The molecular weight excluding hydrogens is 364 g/mol. The van der Waals surface area contributed by atoms with Gasteiger partial charge in [0.05, 0.1) is 22.0 Å². The molecule has 1 aromatic heterocycles. The van der Waals surface area contributed by atoms with Crippen molar-refractivity contribution in [1.29, 1.82) is 0 Å². The third kappa shape index (κ3) is 4.39. The molecule has 27 heavy (non-hydrogen) atoms. The van der Waals surface area contributed by atoms with Crippen LogP contribution in [0.25, 0.3) is 0 Å². The standard InChI is InChI=1S/C20H23ClN4O2/c1-14(2)20(27)25-11-9-24(10-12-25)18-16(21)6-3-7-17(18)23-19(26)15-5-4-8-22-13-15/h3-8,13-14H,9-12H2,1-2H3,(H,23,26). The number of piperazine rings is 1. The summed E-state index contributed by atoms with van der Waals surface area (Å²) in [6, 6.07) is 8.88. The Kier molecular flexibility index (Phi) is 5.96. The van der Waals surface area contributed by atoms with Crippen molar-refractivity contribution in [3.63, 3.8) is 0 Å². The van der Waals surface area contributed by atoms with Crippen LogP contribution in [0.15, 0.2) is 42.7 Å². The molecular formula is C20H23ClN4O2. The van der Waals surface area contributed by atoms with Gasteiger partial charge in [-0.2, -0.15) is 0 Å². The Morgan fingerprint density at radius 1 is 1.11 bits per heavy atom. The van der Waals surface area contributed by atoms with E-state index >= 15 is 0 Å². The van der Waals surface area contributed by atoms with E-state index in [2.05, 4.69) is 15.2 Å². The average molecular weight is 387 g/mol. The van der Waals surface area contributed by atoms with E-state index in [9.17, 15) is 9.59 Å². The van der Waals surface area contributed by atoms with Gasteiger partial charge >= 0.3 is 0 Å². The zero-order valence-electron chi connectivity index (χ0n) is 15.5. The number of anilines is 2. The monoisotopic (exact) mass is 386 g/mol. The quantitative estimate of drug-likeness (QED) is 0.875. The van der Waals surface area contributed by atoms with E-state index in [0.717, 1.165) is 5.69 Å². The molecule has 0 saturated carbocycles. The molecule has 0 aliphatic carbocycles. The fourth-order valence-electron chi connectivity index (χ4n) is 3.14. The topological polar surface area (TPSA) is 65.5 Å². The van der Waals surface area contributed by atoms with Gasteiger partial charge in [-0.05, 0) is 24.3 Å². The number of rotatable bonds is 4. The van der Waals surface area contributed by atoms with E-state index in [0.29, 0.717) is 42.5 Å². The molecule has 2 heterocycles. The molecule has 0 bridgehead atoms. The Hall–Kier alpha value is -2.60. The molecule has 6 nitrogen and oxygen atoms in total.